The van der Waals surface area contributed by atoms with Crippen LogP contribution in [0.4, 0.5) is 0 Å². The van der Waals surface area contributed by atoms with E-state index in [0.29, 0.717) is 0 Å². The summed E-state index contributed by atoms with van der Waals surface area (Å²) < 4.78 is 0. The smallest absolute Gasteiger partial charge is 0.00129 e. The fraction of sp³-hybridized carbons (Fsp3) is 1.00. The summed E-state index contributed by atoms with van der Waals surface area (Å²) in [4.78, 5) is 2.63. The molecule has 0 bridgehead atoms. The minimum Gasteiger partial charge on any atom is -0.330 e. The summed E-state index contributed by atoms with van der Waals surface area (Å²) in [6.45, 7) is 4.82. The zero-order chi connectivity index (χ0) is 9.10. The van der Waals surface area contributed by atoms with Crippen molar-refractivity contribution in [2.45, 2.75) is 32.1 Å². The maximum atomic E-state index is 5.53. The van der Waals surface area contributed by atoms with E-state index in [-0.39, 0.29) is 0 Å². The highest BCUT2D eigenvalue weighted by atomic mass is 15.2. The van der Waals surface area contributed by atoms with Crippen molar-refractivity contribution >= 4 is 0 Å². The Bertz CT molecular complexity index is 144. The molecule has 2 rings (SSSR count). The molecule has 1 aliphatic heterocycles. The third kappa shape index (κ3) is 2.23. The average molecular weight is 182 g/mol. The Morgan fingerprint density at radius 3 is 2.23 bits per heavy atom. The molecule has 2 N–H and O–H groups in total. The summed E-state index contributed by atoms with van der Waals surface area (Å²) in [5.74, 6) is 2.07. The lowest BCUT2D eigenvalue weighted by molar-refractivity contribution is 0.299. The highest BCUT2D eigenvalue weighted by Crippen LogP contribution is 2.35. The Balaban J connectivity index is 1.77. The maximum Gasteiger partial charge on any atom is 0.00129 e. The van der Waals surface area contributed by atoms with Crippen molar-refractivity contribution in [1.82, 2.24) is 4.90 Å². The van der Waals surface area contributed by atoms with E-state index in [1.807, 2.05) is 0 Å². The topological polar surface area (TPSA) is 29.3 Å². The standard InChI is InChI=1S/C11H22N2/c12-6-3-7-13-8-10-4-1-2-5-11(10)9-13/h10-11H,1-9,12H2. The van der Waals surface area contributed by atoms with Crippen molar-refractivity contribution in [1.29, 1.82) is 0 Å². The van der Waals surface area contributed by atoms with Crippen molar-refractivity contribution in [2.75, 3.05) is 26.2 Å². The molecular weight excluding hydrogens is 160 g/mol. The van der Waals surface area contributed by atoms with Gasteiger partial charge in [-0.05, 0) is 44.2 Å². The van der Waals surface area contributed by atoms with E-state index in [2.05, 4.69) is 4.90 Å². The summed E-state index contributed by atoms with van der Waals surface area (Å²) in [7, 11) is 0. The third-order valence-electron chi connectivity index (χ3n) is 3.73. The zero-order valence-electron chi connectivity index (χ0n) is 8.54. The quantitative estimate of drug-likeness (QED) is 0.716. The van der Waals surface area contributed by atoms with E-state index in [0.717, 1.165) is 18.4 Å². The van der Waals surface area contributed by atoms with Crippen molar-refractivity contribution in [2.24, 2.45) is 17.6 Å². The van der Waals surface area contributed by atoms with E-state index < -0.39 is 0 Å². The van der Waals surface area contributed by atoms with Crippen LogP contribution in [0.3, 0.4) is 0 Å². The van der Waals surface area contributed by atoms with Crippen molar-refractivity contribution < 1.29 is 0 Å². The molecule has 76 valence electrons. The summed E-state index contributed by atoms with van der Waals surface area (Å²) in [6.07, 6.45) is 7.12. The van der Waals surface area contributed by atoms with Gasteiger partial charge in [0.25, 0.3) is 0 Å². The van der Waals surface area contributed by atoms with Crippen LogP contribution in [0.5, 0.6) is 0 Å². The molecule has 0 aromatic rings. The fourth-order valence-corrected chi connectivity index (χ4v) is 3.00. The summed E-state index contributed by atoms with van der Waals surface area (Å²) in [6, 6.07) is 0. The van der Waals surface area contributed by atoms with Crippen LogP contribution in [0.15, 0.2) is 0 Å². The predicted octanol–water partition coefficient (Wildman–Crippen LogP) is 1.46. The van der Waals surface area contributed by atoms with Crippen LogP contribution in [0.1, 0.15) is 32.1 Å². The first-order chi connectivity index (χ1) is 6.40. The first-order valence-corrected chi connectivity index (χ1v) is 5.82. The monoisotopic (exact) mass is 182 g/mol. The molecule has 0 amide bonds. The first kappa shape index (κ1) is 9.47. The maximum absolute atomic E-state index is 5.53. The van der Waals surface area contributed by atoms with Gasteiger partial charge in [-0.2, -0.15) is 0 Å². The second-order valence-electron chi connectivity index (χ2n) is 4.71. The molecule has 1 saturated carbocycles. The molecule has 0 aromatic heterocycles. The molecule has 1 saturated heterocycles. The Hall–Kier alpha value is -0.0800. The van der Waals surface area contributed by atoms with Gasteiger partial charge >= 0.3 is 0 Å². The average Bonchev–Trinajstić information content (AvgIpc) is 2.57. The highest BCUT2D eigenvalue weighted by molar-refractivity contribution is 4.86. The van der Waals surface area contributed by atoms with Gasteiger partial charge in [0, 0.05) is 13.1 Å². The molecule has 2 heteroatoms. The second-order valence-corrected chi connectivity index (χ2v) is 4.71. The summed E-state index contributed by atoms with van der Waals surface area (Å²) in [5.41, 5.74) is 5.53. The van der Waals surface area contributed by atoms with Gasteiger partial charge in [-0.25, -0.2) is 0 Å². The Kier molecular flexibility index (Phi) is 3.23. The summed E-state index contributed by atoms with van der Waals surface area (Å²) in [5, 5.41) is 0. The number of hydrogen-bond acceptors (Lipinski definition) is 2. The van der Waals surface area contributed by atoms with E-state index in [1.165, 1.54) is 51.7 Å². The molecule has 1 aliphatic carbocycles. The van der Waals surface area contributed by atoms with Gasteiger partial charge in [-0.15, -0.1) is 0 Å². The van der Waals surface area contributed by atoms with Crippen LogP contribution in [0.2, 0.25) is 0 Å². The number of fused-ring (bicyclic) bond motifs is 1. The van der Waals surface area contributed by atoms with Gasteiger partial charge < -0.3 is 10.6 Å². The van der Waals surface area contributed by atoms with Gasteiger partial charge in [0.1, 0.15) is 0 Å². The fourth-order valence-electron chi connectivity index (χ4n) is 3.00. The van der Waals surface area contributed by atoms with Crippen LogP contribution < -0.4 is 5.73 Å². The van der Waals surface area contributed by atoms with Crippen LogP contribution in [-0.4, -0.2) is 31.1 Å². The number of likely N-dealkylation sites (tertiary alicyclic amines) is 1. The Morgan fingerprint density at radius 1 is 1.08 bits per heavy atom. The molecule has 2 atom stereocenters. The highest BCUT2D eigenvalue weighted by Gasteiger charge is 2.33. The van der Waals surface area contributed by atoms with E-state index in [4.69, 9.17) is 5.73 Å². The Morgan fingerprint density at radius 2 is 1.69 bits per heavy atom. The van der Waals surface area contributed by atoms with Gasteiger partial charge in [0.15, 0.2) is 0 Å². The molecule has 0 radical (unpaired) electrons. The second kappa shape index (κ2) is 4.43. The van der Waals surface area contributed by atoms with Crippen molar-refractivity contribution in [3.8, 4) is 0 Å². The normalized spacial score (nSPS) is 34.8. The van der Waals surface area contributed by atoms with Gasteiger partial charge in [0.2, 0.25) is 0 Å². The molecule has 0 aromatic carbocycles. The first-order valence-electron chi connectivity index (χ1n) is 5.82. The number of nitrogens with zero attached hydrogens (tertiary/aromatic N) is 1. The molecule has 2 unspecified atom stereocenters. The summed E-state index contributed by atoms with van der Waals surface area (Å²) >= 11 is 0. The molecule has 2 nitrogen and oxygen atoms in total. The third-order valence-corrected chi connectivity index (χ3v) is 3.73. The SMILES string of the molecule is NCCCN1CC2CCCCC2C1. The number of nitrogens with two attached hydrogens (primary N) is 1. The van der Waals surface area contributed by atoms with E-state index in [1.54, 1.807) is 0 Å². The molecule has 13 heavy (non-hydrogen) atoms. The lowest BCUT2D eigenvalue weighted by Crippen LogP contribution is -2.24. The minimum atomic E-state index is 0.853. The lowest BCUT2D eigenvalue weighted by Gasteiger charge is -2.23. The Labute approximate surface area is 81.5 Å². The molecule has 0 spiro atoms. The van der Waals surface area contributed by atoms with Crippen LogP contribution in [0, 0.1) is 11.8 Å². The molecule has 2 fully saturated rings. The van der Waals surface area contributed by atoms with Crippen LogP contribution in [-0.2, 0) is 0 Å². The molecule has 2 aliphatic rings. The van der Waals surface area contributed by atoms with Crippen LogP contribution >= 0.6 is 0 Å². The molecule has 1 heterocycles. The van der Waals surface area contributed by atoms with Gasteiger partial charge in [0.05, 0.1) is 0 Å². The molecular formula is C11H22N2. The number of hydrogen-bond donors (Lipinski definition) is 1. The largest absolute Gasteiger partial charge is 0.330 e. The lowest BCUT2D eigenvalue weighted by atomic mass is 9.82. The van der Waals surface area contributed by atoms with Crippen molar-refractivity contribution in [3.63, 3.8) is 0 Å². The van der Waals surface area contributed by atoms with Gasteiger partial charge in [-0.3, -0.25) is 0 Å². The van der Waals surface area contributed by atoms with Gasteiger partial charge in [-0.1, -0.05) is 12.8 Å². The van der Waals surface area contributed by atoms with Crippen molar-refractivity contribution in [3.05, 3.63) is 0 Å². The zero-order valence-corrected chi connectivity index (χ0v) is 8.54. The number of rotatable bonds is 3. The minimum absolute atomic E-state index is 0.853. The predicted molar refractivity (Wildman–Crippen MR) is 55.6 cm³/mol. The van der Waals surface area contributed by atoms with E-state index >= 15 is 0 Å². The van der Waals surface area contributed by atoms with Crippen LogP contribution in [0.25, 0.3) is 0 Å². The van der Waals surface area contributed by atoms with E-state index in [9.17, 15) is 0 Å².